The summed E-state index contributed by atoms with van der Waals surface area (Å²) in [7, 11) is 0. The molecule has 5 heteroatoms. The number of aromatic nitrogens is 2. The fourth-order valence-corrected chi connectivity index (χ4v) is 4.22. The molecule has 1 aliphatic heterocycles. The van der Waals surface area contributed by atoms with E-state index in [4.69, 9.17) is 9.97 Å². The molecule has 0 unspecified atom stereocenters. The van der Waals surface area contributed by atoms with Crippen molar-refractivity contribution in [1.82, 2.24) is 15.3 Å². The Bertz CT molecular complexity index is 834. The van der Waals surface area contributed by atoms with Crippen LogP contribution >= 0.6 is 0 Å². The van der Waals surface area contributed by atoms with Crippen LogP contribution in [0.1, 0.15) is 44.4 Å². The number of aryl methyl sites for hydroxylation is 1. The van der Waals surface area contributed by atoms with Crippen LogP contribution in [0.2, 0.25) is 0 Å². The number of nitrogens with one attached hydrogen (secondary N) is 1. The van der Waals surface area contributed by atoms with Gasteiger partial charge in [0.25, 0.3) is 0 Å². The van der Waals surface area contributed by atoms with E-state index in [-0.39, 0.29) is 11.8 Å². The van der Waals surface area contributed by atoms with E-state index in [0.717, 1.165) is 68.9 Å². The summed E-state index contributed by atoms with van der Waals surface area (Å²) in [5.74, 6) is 2.57. The van der Waals surface area contributed by atoms with Gasteiger partial charge in [-0.15, -0.1) is 0 Å². The molecule has 0 bridgehead atoms. The number of fused-ring (bicyclic) bond motifs is 1. The molecule has 2 heterocycles. The Morgan fingerprint density at radius 2 is 2.00 bits per heavy atom. The standard InChI is InChI=1S/C23H30N4O/c1-16(2)14-24-23(28)18-10-7-13-27(15-18)22-19-11-6-12-20(19)25-21(26-22)17-8-4-3-5-9-17/h3-5,8-9,16,18H,6-7,10-15H2,1-2H3,(H,24,28)/t18-/m1/s1. The van der Waals surface area contributed by atoms with Gasteiger partial charge in [0.1, 0.15) is 5.82 Å². The summed E-state index contributed by atoms with van der Waals surface area (Å²) in [4.78, 5) is 24.8. The number of hydrogen-bond donors (Lipinski definition) is 1. The van der Waals surface area contributed by atoms with E-state index in [1.54, 1.807) is 0 Å². The molecule has 2 aromatic rings. The van der Waals surface area contributed by atoms with Crippen molar-refractivity contribution in [2.45, 2.75) is 46.0 Å². The van der Waals surface area contributed by atoms with Crippen molar-refractivity contribution >= 4 is 11.7 Å². The van der Waals surface area contributed by atoms with E-state index in [1.807, 2.05) is 18.2 Å². The third-order valence-corrected chi connectivity index (χ3v) is 5.72. The van der Waals surface area contributed by atoms with Gasteiger partial charge in [0.15, 0.2) is 5.82 Å². The Hall–Kier alpha value is -2.43. The summed E-state index contributed by atoms with van der Waals surface area (Å²) in [6.07, 6.45) is 5.19. The summed E-state index contributed by atoms with van der Waals surface area (Å²) in [6.45, 7) is 6.72. The molecule has 0 spiro atoms. The maximum absolute atomic E-state index is 12.6. The van der Waals surface area contributed by atoms with E-state index in [0.29, 0.717) is 5.92 Å². The number of nitrogens with zero attached hydrogens (tertiary/aromatic N) is 3. The van der Waals surface area contributed by atoms with Crippen molar-refractivity contribution in [2.24, 2.45) is 11.8 Å². The number of piperidine rings is 1. The highest BCUT2D eigenvalue weighted by Gasteiger charge is 2.30. The van der Waals surface area contributed by atoms with Gasteiger partial charge in [-0.3, -0.25) is 4.79 Å². The predicted octanol–water partition coefficient (Wildman–Crippen LogP) is 3.62. The van der Waals surface area contributed by atoms with Gasteiger partial charge >= 0.3 is 0 Å². The fraction of sp³-hybridized carbons (Fsp3) is 0.522. The summed E-state index contributed by atoms with van der Waals surface area (Å²) < 4.78 is 0. The van der Waals surface area contributed by atoms with Crippen LogP contribution in [0, 0.1) is 11.8 Å². The molecule has 4 rings (SSSR count). The zero-order valence-electron chi connectivity index (χ0n) is 16.9. The monoisotopic (exact) mass is 378 g/mol. The van der Waals surface area contributed by atoms with Crippen molar-refractivity contribution < 1.29 is 4.79 Å². The van der Waals surface area contributed by atoms with Crippen molar-refractivity contribution in [3.63, 3.8) is 0 Å². The molecule has 1 atom stereocenters. The molecule has 148 valence electrons. The lowest BCUT2D eigenvalue weighted by molar-refractivity contribution is -0.125. The van der Waals surface area contributed by atoms with Gasteiger partial charge < -0.3 is 10.2 Å². The molecule has 1 fully saturated rings. The molecule has 1 N–H and O–H groups in total. The van der Waals surface area contributed by atoms with Crippen LogP contribution in [0.3, 0.4) is 0 Å². The van der Waals surface area contributed by atoms with Crippen LogP contribution in [0.4, 0.5) is 5.82 Å². The Labute approximate surface area is 167 Å². The van der Waals surface area contributed by atoms with Crippen LogP contribution in [-0.4, -0.2) is 35.5 Å². The van der Waals surface area contributed by atoms with Crippen LogP contribution in [0.5, 0.6) is 0 Å². The fourth-order valence-electron chi connectivity index (χ4n) is 4.22. The van der Waals surface area contributed by atoms with E-state index in [1.165, 1.54) is 11.3 Å². The second kappa shape index (κ2) is 8.29. The minimum absolute atomic E-state index is 0.0414. The average Bonchev–Trinajstić information content (AvgIpc) is 3.20. The molecule has 28 heavy (non-hydrogen) atoms. The van der Waals surface area contributed by atoms with Gasteiger partial charge in [0, 0.05) is 36.5 Å². The van der Waals surface area contributed by atoms with Gasteiger partial charge in [0.2, 0.25) is 5.91 Å². The zero-order valence-corrected chi connectivity index (χ0v) is 16.9. The first-order valence-electron chi connectivity index (χ1n) is 10.6. The number of anilines is 1. The molecular weight excluding hydrogens is 348 g/mol. The molecular formula is C23H30N4O. The Morgan fingerprint density at radius 1 is 1.18 bits per heavy atom. The average molecular weight is 379 g/mol. The number of hydrogen-bond acceptors (Lipinski definition) is 4. The topological polar surface area (TPSA) is 58.1 Å². The number of carbonyl (C=O) groups excluding carboxylic acids is 1. The summed E-state index contributed by atoms with van der Waals surface area (Å²) in [6, 6.07) is 10.2. The van der Waals surface area contributed by atoms with Gasteiger partial charge in [-0.2, -0.15) is 0 Å². The normalized spacial score (nSPS) is 19.0. The molecule has 0 radical (unpaired) electrons. The second-order valence-electron chi connectivity index (χ2n) is 8.44. The molecule has 5 nitrogen and oxygen atoms in total. The van der Waals surface area contributed by atoms with Gasteiger partial charge in [0.05, 0.1) is 5.92 Å². The molecule has 1 aromatic heterocycles. The predicted molar refractivity (Wildman–Crippen MR) is 112 cm³/mol. The minimum atomic E-state index is 0.0414. The van der Waals surface area contributed by atoms with E-state index < -0.39 is 0 Å². The van der Waals surface area contributed by atoms with Crippen molar-refractivity contribution in [3.05, 3.63) is 41.6 Å². The highest BCUT2D eigenvalue weighted by atomic mass is 16.1. The first-order chi connectivity index (χ1) is 13.6. The third kappa shape index (κ3) is 4.03. The third-order valence-electron chi connectivity index (χ3n) is 5.72. The Morgan fingerprint density at radius 3 is 2.79 bits per heavy atom. The molecule has 1 aromatic carbocycles. The smallest absolute Gasteiger partial charge is 0.224 e. The van der Waals surface area contributed by atoms with Crippen molar-refractivity contribution in [1.29, 1.82) is 0 Å². The summed E-state index contributed by atoms with van der Waals surface area (Å²) in [5, 5.41) is 3.12. The van der Waals surface area contributed by atoms with Gasteiger partial charge in [-0.1, -0.05) is 44.2 Å². The molecule has 0 saturated carbocycles. The number of rotatable bonds is 5. The zero-order chi connectivity index (χ0) is 19.5. The minimum Gasteiger partial charge on any atom is -0.356 e. The first kappa shape index (κ1) is 18.9. The largest absolute Gasteiger partial charge is 0.356 e. The van der Waals surface area contributed by atoms with E-state index in [2.05, 4.69) is 36.2 Å². The maximum atomic E-state index is 12.6. The highest BCUT2D eigenvalue weighted by molar-refractivity contribution is 5.79. The molecule has 1 saturated heterocycles. The summed E-state index contributed by atoms with van der Waals surface area (Å²) >= 11 is 0. The first-order valence-corrected chi connectivity index (χ1v) is 10.6. The lowest BCUT2D eigenvalue weighted by Crippen LogP contribution is -2.44. The maximum Gasteiger partial charge on any atom is 0.224 e. The number of amides is 1. The molecule has 2 aliphatic rings. The van der Waals surface area contributed by atoms with Crippen LogP contribution < -0.4 is 10.2 Å². The lowest BCUT2D eigenvalue weighted by atomic mass is 9.96. The second-order valence-corrected chi connectivity index (χ2v) is 8.44. The SMILES string of the molecule is CC(C)CNC(=O)[C@@H]1CCCN(c2nc(-c3ccccc3)nc3c2CCC3)C1. The Kier molecular flexibility index (Phi) is 5.60. The lowest BCUT2D eigenvalue weighted by Gasteiger charge is -2.34. The van der Waals surface area contributed by atoms with Crippen LogP contribution in [0.25, 0.3) is 11.4 Å². The highest BCUT2D eigenvalue weighted by Crippen LogP contribution is 2.33. The van der Waals surface area contributed by atoms with Crippen LogP contribution in [0.15, 0.2) is 30.3 Å². The van der Waals surface area contributed by atoms with Crippen LogP contribution in [-0.2, 0) is 17.6 Å². The number of benzene rings is 1. The van der Waals surface area contributed by atoms with Gasteiger partial charge in [-0.25, -0.2) is 9.97 Å². The Balaban J connectivity index is 1.59. The number of carbonyl (C=O) groups is 1. The quantitative estimate of drug-likeness (QED) is 0.863. The van der Waals surface area contributed by atoms with Crippen molar-refractivity contribution in [3.8, 4) is 11.4 Å². The summed E-state index contributed by atoms with van der Waals surface area (Å²) in [5.41, 5.74) is 3.54. The molecule has 1 amide bonds. The van der Waals surface area contributed by atoms with E-state index >= 15 is 0 Å². The molecule has 1 aliphatic carbocycles. The van der Waals surface area contributed by atoms with Gasteiger partial charge in [-0.05, 0) is 38.0 Å². The van der Waals surface area contributed by atoms with E-state index in [9.17, 15) is 4.79 Å². The van der Waals surface area contributed by atoms with Crippen molar-refractivity contribution in [2.75, 3.05) is 24.5 Å².